The Morgan fingerprint density at radius 3 is 2.44 bits per heavy atom. The van der Waals surface area contributed by atoms with Gasteiger partial charge in [-0.25, -0.2) is 13.4 Å². The molecule has 0 atom stereocenters. The average Bonchev–Trinajstić information content (AvgIpc) is 3.26. The number of thiophene rings is 1. The second-order valence-corrected chi connectivity index (χ2v) is 8.52. The van der Waals surface area contributed by atoms with E-state index in [1.807, 2.05) is 17.5 Å². The highest BCUT2D eigenvalue weighted by Gasteiger charge is 2.26. The second-order valence-electron chi connectivity index (χ2n) is 4.80. The number of carbonyl (C=O) groups is 1. The molecule has 0 saturated heterocycles. The fraction of sp³-hybridized carbons (Fsp3) is 0.0667. The summed E-state index contributed by atoms with van der Waals surface area (Å²) in [6.45, 7) is 0. The molecule has 0 bridgehead atoms. The largest absolute Gasteiger partial charge is 0.341 e. The summed E-state index contributed by atoms with van der Waals surface area (Å²) in [7, 11) is -4.67. The van der Waals surface area contributed by atoms with Crippen LogP contribution < -0.4 is 5.32 Å². The molecule has 0 radical (unpaired) electrons. The molecule has 0 spiro atoms. The standard InChI is InChI=1S/C15H10F2N2O3S3/c16-14(17)25(21,22)10-5-3-9(4-6-10)13(20)19-15-18-11(8-24-15)12-2-1-7-23-12/h1-8,14H,(H,18,19,20). The Balaban J connectivity index is 1.74. The smallest absolute Gasteiger partial charge is 0.298 e. The quantitative estimate of drug-likeness (QED) is 0.699. The molecule has 10 heteroatoms. The van der Waals surface area contributed by atoms with E-state index in [0.717, 1.165) is 22.7 Å². The Morgan fingerprint density at radius 1 is 1.12 bits per heavy atom. The van der Waals surface area contributed by atoms with Crippen LogP contribution in [-0.4, -0.2) is 25.1 Å². The lowest BCUT2D eigenvalue weighted by Crippen LogP contribution is -2.14. The van der Waals surface area contributed by atoms with Crippen LogP contribution >= 0.6 is 22.7 Å². The summed E-state index contributed by atoms with van der Waals surface area (Å²) in [5, 5.41) is 6.71. The third-order valence-electron chi connectivity index (χ3n) is 3.18. The molecule has 25 heavy (non-hydrogen) atoms. The van der Waals surface area contributed by atoms with E-state index in [0.29, 0.717) is 5.13 Å². The number of anilines is 1. The van der Waals surface area contributed by atoms with E-state index in [-0.39, 0.29) is 5.56 Å². The first-order valence-corrected chi connectivity index (χ1v) is 10.1. The Kier molecular flexibility index (Phi) is 4.93. The summed E-state index contributed by atoms with van der Waals surface area (Å²) in [5.41, 5.74) is 0.884. The van der Waals surface area contributed by atoms with E-state index in [1.165, 1.54) is 34.8 Å². The minimum Gasteiger partial charge on any atom is -0.298 e. The van der Waals surface area contributed by atoms with Crippen LogP contribution in [0.25, 0.3) is 10.6 Å². The van der Waals surface area contributed by atoms with Crippen LogP contribution in [0.2, 0.25) is 0 Å². The molecule has 0 fully saturated rings. The number of carbonyl (C=O) groups excluding carboxylic acids is 1. The minimum absolute atomic E-state index is 0.140. The van der Waals surface area contributed by atoms with E-state index in [9.17, 15) is 22.0 Å². The van der Waals surface area contributed by atoms with E-state index < -0.39 is 26.4 Å². The fourth-order valence-corrected chi connectivity index (χ4v) is 4.12. The Labute approximate surface area is 149 Å². The first kappa shape index (κ1) is 17.6. The number of benzene rings is 1. The van der Waals surface area contributed by atoms with Gasteiger partial charge >= 0.3 is 5.76 Å². The van der Waals surface area contributed by atoms with Crippen molar-refractivity contribution >= 4 is 43.5 Å². The van der Waals surface area contributed by atoms with E-state index in [1.54, 1.807) is 5.38 Å². The van der Waals surface area contributed by atoms with Crippen molar-refractivity contribution in [3.63, 3.8) is 0 Å². The van der Waals surface area contributed by atoms with Gasteiger partial charge < -0.3 is 0 Å². The molecule has 2 heterocycles. The van der Waals surface area contributed by atoms with Crippen LogP contribution in [0, 0.1) is 0 Å². The van der Waals surface area contributed by atoms with Crippen LogP contribution in [0.5, 0.6) is 0 Å². The lowest BCUT2D eigenvalue weighted by atomic mass is 10.2. The molecule has 130 valence electrons. The third-order valence-corrected chi connectivity index (χ3v) is 6.23. The van der Waals surface area contributed by atoms with Crippen molar-refractivity contribution in [3.05, 3.63) is 52.7 Å². The number of nitrogens with zero attached hydrogens (tertiary/aromatic N) is 1. The lowest BCUT2D eigenvalue weighted by Gasteiger charge is -2.05. The zero-order chi connectivity index (χ0) is 18.0. The Hall–Kier alpha value is -2.17. The van der Waals surface area contributed by atoms with Gasteiger partial charge in [0.25, 0.3) is 5.91 Å². The summed E-state index contributed by atoms with van der Waals surface area (Å²) in [6.07, 6.45) is 0. The molecule has 1 amide bonds. The van der Waals surface area contributed by atoms with Gasteiger partial charge in [0.05, 0.1) is 15.5 Å². The number of amides is 1. The Morgan fingerprint density at radius 2 is 1.84 bits per heavy atom. The molecule has 2 aromatic heterocycles. The number of hydrogen-bond acceptors (Lipinski definition) is 6. The molecule has 5 nitrogen and oxygen atoms in total. The van der Waals surface area contributed by atoms with Crippen molar-refractivity contribution in [1.29, 1.82) is 0 Å². The molecule has 0 unspecified atom stereocenters. The van der Waals surface area contributed by atoms with Crippen molar-refractivity contribution in [1.82, 2.24) is 4.98 Å². The molecule has 0 aliphatic rings. The van der Waals surface area contributed by atoms with E-state index in [4.69, 9.17) is 0 Å². The molecule has 0 aliphatic carbocycles. The number of hydrogen-bond donors (Lipinski definition) is 1. The normalized spacial score (nSPS) is 11.6. The molecular formula is C15H10F2N2O3S3. The van der Waals surface area contributed by atoms with Crippen molar-refractivity contribution in [2.75, 3.05) is 5.32 Å². The van der Waals surface area contributed by atoms with Crippen LogP contribution in [0.4, 0.5) is 13.9 Å². The summed E-state index contributed by atoms with van der Waals surface area (Å²) in [5.74, 6) is -4.01. The molecule has 0 saturated carbocycles. The maximum atomic E-state index is 12.5. The molecule has 0 aliphatic heterocycles. The fourth-order valence-electron chi connectivity index (χ4n) is 1.94. The summed E-state index contributed by atoms with van der Waals surface area (Å²) in [4.78, 5) is 16.9. The van der Waals surface area contributed by atoms with Gasteiger partial charge in [-0.2, -0.15) is 8.78 Å². The lowest BCUT2D eigenvalue weighted by molar-refractivity contribution is 0.102. The van der Waals surface area contributed by atoms with Gasteiger partial charge in [0.1, 0.15) is 0 Å². The molecular weight excluding hydrogens is 390 g/mol. The molecule has 1 N–H and O–H groups in total. The number of halogens is 2. The second kappa shape index (κ2) is 6.98. The maximum Gasteiger partial charge on any atom is 0.341 e. The highest BCUT2D eigenvalue weighted by molar-refractivity contribution is 7.91. The zero-order valence-electron chi connectivity index (χ0n) is 12.3. The van der Waals surface area contributed by atoms with Gasteiger partial charge in [0.15, 0.2) is 5.13 Å². The predicted octanol–water partition coefficient (Wildman–Crippen LogP) is 4.12. The van der Waals surface area contributed by atoms with Crippen LogP contribution in [0.3, 0.4) is 0 Å². The van der Waals surface area contributed by atoms with Crippen molar-refractivity contribution in [2.45, 2.75) is 10.7 Å². The summed E-state index contributed by atoms with van der Waals surface area (Å²) < 4.78 is 47.7. The van der Waals surface area contributed by atoms with Gasteiger partial charge in [-0.05, 0) is 35.7 Å². The van der Waals surface area contributed by atoms with Gasteiger partial charge in [0, 0.05) is 10.9 Å². The number of sulfone groups is 1. The molecule has 3 aromatic rings. The van der Waals surface area contributed by atoms with Crippen LogP contribution in [0.15, 0.2) is 52.1 Å². The van der Waals surface area contributed by atoms with Crippen molar-refractivity contribution < 1.29 is 22.0 Å². The average molecular weight is 400 g/mol. The summed E-state index contributed by atoms with van der Waals surface area (Å²) >= 11 is 2.77. The van der Waals surface area contributed by atoms with Crippen molar-refractivity contribution in [2.24, 2.45) is 0 Å². The number of aromatic nitrogens is 1. The number of thiazole rings is 1. The first-order valence-electron chi connectivity index (χ1n) is 6.81. The van der Waals surface area contributed by atoms with Gasteiger partial charge in [-0.15, -0.1) is 22.7 Å². The van der Waals surface area contributed by atoms with Crippen LogP contribution in [0.1, 0.15) is 10.4 Å². The maximum absolute atomic E-state index is 12.5. The van der Waals surface area contributed by atoms with Gasteiger partial charge in [0.2, 0.25) is 9.84 Å². The van der Waals surface area contributed by atoms with E-state index >= 15 is 0 Å². The molecule has 3 rings (SSSR count). The topological polar surface area (TPSA) is 76.1 Å². The predicted molar refractivity (Wildman–Crippen MR) is 93.0 cm³/mol. The molecule has 1 aromatic carbocycles. The van der Waals surface area contributed by atoms with E-state index in [2.05, 4.69) is 10.3 Å². The van der Waals surface area contributed by atoms with Gasteiger partial charge in [-0.1, -0.05) is 6.07 Å². The first-order chi connectivity index (χ1) is 11.9. The number of nitrogens with one attached hydrogen (secondary N) is 1. The third kappa shape index (κ3) is 3.75. The monoisotopic (exact) mass is 400 g/mol. The minimum atomic E-state index is -4.67. The SMILES string of the molecule is O=C(Nc1nc(-c2cccs2)cs1)c1ccc(S(=O)(=O)C(F)F)cc1. The summed E-state index contributed by atoms with van der Waals surface area (Å²) in [6, 6.07) is 8.13. The highest BCUT2D eigenvalue weighted by atomic mass is 32.2. The van der Waals surface area contributed by atoms with Crippen molar-refractivity contribution in [3.8, 4) is 10.6 Å². The van der Waals surface area contributed by atoms with Crippen LogP contribution in [-0.2, 0) is 9.84 Å². The Bertz CT molecular complexity index is 981. The zero-order valence-corrected chi connectivity index (χ0v) is 14.8. The number of rotatable bonds is 5. The number of alkyl halides is 2. The highest BCUT2D eigenvalue weighted by Crippen LogP contribution is 2.28. The van der Waals surface area contributed by atoms with Gasteiger partial charge in [-0.3, -0.25) is 10.1 Å².